The molecule has 2 rings (SSSR count). The van der Waals surface area contributed by atoms with Gasteiger partial charge in [-0.3, -0.25) is 4.79 Å². The fraction of sp³-hybridized carbons (Fsp3) is 0.231. The zero-order valence-electron chi connectivity index (χ0n) is 10.3. The maximum atomic E-state index is 13.3. The number of ether oxygens (including phenoxy) is 1. The van der Waals surface area contributed by atoms with Gasteiger partial charge in [-0.1, -0.05) is 0 Å². The number of hydrogen-bond donors (Lipinski definition) is 1. The number of aromatic nitrogens is 1. The molecule has 4 nitrogen and oxygen atoms in total. The molecule has 1 heterocycles. The molecule has 0 atom stereocenters. The average Bonchev–Trinajstić information content (AvgIpc) is 2.79. The van der Waals surface area contributed by atoms with Crippen LogP contribution in [0.3, 0.4) is 0 Å². The first kappa shape index (κ1) is 14.4. The first-order valence-electron chi connectivity index (χ1n) is 5.77. The highest BCUT2D eigenvalue weighted by molar-refractivity contribution is 7.09. The van der Waals surface area contributed by atoms with Gasteiger partial charge < -0.3 is 9.84 Å². The van der Waals surface area contributed by atoms with Gasteiger partial charge in [0, 0.05) is 17.9 Å². The van der Waals surface area contributed by atoms with Crippen molar-refractivity contribution < 1.29 is 23.4 Å². The lowest BCUT2D eigenvalue weighted by Crippen LogP contribution is -2.04. The molecule has 1 aromatic carbocycles. The SMILES string of the molecule is O=C(O)Cc1csc(CCOc2ccc(F)cc2F)n1. The van der Waals surface area contributed by atoms with E-state index < -0.39 is 17.6 Å². The highest BCUT2D eigenvalue weighted by Gasteiger charge is 2.08. The van der Waals surface area contributed by atoms with E-state index in [1.807, 2.05) is 0 Å². The lowest BCUT2D eigenvalue weighted by molar-refractivity contribution is -0.136. The quantitative estimate of drug-likeness (QED) is 0.891. The lowest BCUT2D eigenvalue weighted by Gasteiger charge is -2.05. The normalized spacial score (nSPS) is 10.5. The van der Waals surface area contributed by atoms with Gasteiger partial charge in [0.05, 0.1) is 23.7 Å². The van der Waals surface area contributed by atoms with Crippen molar-refractivity contribution >= 4 is 17.3 Å². The van der Waals surface area contributed by atoms with Crippen LogP contribution < -0.4 is 4.74 Å². The van der Waals surface area contributed by atoms with E-state index in [2.05, 4.69) is 4.98 Å². The van der Waals surface area contributed by atoms with Crippen LogP contribution in [0.15, 0.2) is 23.6 Å². The van der Waals surface area contributed by atoms with E-state index in [9.17, 15) is 13.6 Å². The largest absolute Gasteiger partial charge is 0.490 e. The van der Waals surface area contributed by atoms with E-state index in [1.165, 1.54) is 17.4 Å². The summed E-state index contributed by atoms with van der Waals surface area (Å²) in [4.78, 5) is 14.6. The number of thiazole rings is 1. The number of hydrogen-bond acceptors (Lipinski definition) is 4. The fourth-order valence-electron chi connectivity index (χ4n) is 1.54. The standard InChI is InChI=1S/C13H11F2NO3S/c14-8-1-2-11(10(15)5-8)19-4-3-12-16-9(7-20-12)6-13(17)18/h1-2,5,7H,3-4,6H2,(H,17,18). The van der Waals surface area contributed by atoms with Crippen molar-refractivity contribution in [2.24, 2.45) is 0 Å². The van der Waals surface area contributed by atoms with Crippen LogP contribution in [-0.4, -0.2) is 22.7 Å². The summed E-state index contributed by atoms with van der Waals surface area (Å²) in [7, 11) is 0. The van der Waals surface area contributed by atoms with Crippen molar-refractivity contribution in [3.8, 4) is 5.75 Å². The molecule has 106 valence electrons. The van der Waals surface area contributed by atoms with Gasteiger partial charge in [-0.15, -0.1) is 11.3 Å². The molecule has 0 aliphatic heterocycles. The van der Waals surface area contributed by atoms with Gasteiger partial charge in [0.1, 0.15) is 5.82 Å². The molecule has 0 saturated carbocycles. The molecule has 0 aliphatic carbocycles. The van der Waals surface area contributed by atoms with Crippen molar-refractivity contribution in [1.82, 2.24) is 4.98 Å². The molecule has 0 amide bonds. The topological polar surface area (TPSA) is 59.4 Å². The zero-order valence-corrected chi connectivity index (χ0v) is 11.1. The van der Waals surface area contributed by atoms with E-state index in [0.29, 0.717) is 17.1 Å². The molecule has 20 heavy (non-hydrogen) atoms. The lowest BCUT2D eigenvalue weighted by atomic mass is 10.3. The van der Waals surface area contributed by atoms with Crippen LogP contribution in [0.25, 0.3) is 0 Å². The number of aliphatic carboxylic acids is 1. The van der Waals surface area contributed by atoms with Gasteiger partial charge in [-0.2, -0.15) is 0 Å². The fourth-order valence-corrected chi connectivity index (χ4v) is 2.32. The highest BCUT2D eigenvalue weighted by Crippen LogP contribution is 2.18. The Balaban J connectivity index is 1.86. The summed E-state index contributed by atoms with van der Waals surface area (Å²) < 4.78 is 31.2. The van der Waals surface area contributed by atoms with Crippen LogP contribution >= 0.6 is 11.3 Å². The Labute approximate surface area is 117 Å². The molecule has 0 saturated heterocycles. The Hall–Kier alpha value is -2.02. The van der Waals surface area contributed by atoms with Gasteiger partial charge in [-0.05, 0) is 12.1 Å². The first-order valence-corrected chi connectivity index (χ1v) is 6.65. The summed E-state index contributed by atoms with van der Waals surface area (Å²) in [6.07, 6.45) is 0.311. The van der Waals surface area contributed by atoms with E-state index in [0.717, 1.165) is 12.1 Å². The number of nitrogens with zero attached hydrogens (tertiary/aromatic N) is 1. The van der Waals surface area contributed by atoms with E-state index >= 15 is 0 Å². The van der Waals surface area contributed by atoms with Crippen molar-refractivity contribution in [3.63, 3.8) is 0 Å². The molecule has 0 unspecified atom stereocenters. The molecule has 7 heteroatoms. The van der Waals surface area contributed by atoms with Crippen LogP contribution in [-0.2, 0) is 17.6 Å². The Morgan fingerprint density at radius 2 is 2.20 bits per heavy atom. The monoisotopic (exact) mass is 299 g/mol. The van der Waals surface area contributed by atoms with Crippen LogP contribution in [0.4, 0.5) is 8.78 Å². The Kier molecular flexibility index (Phi) is 4.62. The maximum absolute atomic E-state index is 13.3. The Morgan fingerprint density at radius 3 is 2.90 bits per heavy atom. The number of carboxylic acids is 1. The second-order valence-corrected chi connectivity index (χ2v) is 4.92. The van der Waals surface area contributed by atoms with Crippen molar-refractivity contribution in [2.75, 3.05) is 6.61 Å². The summed E-state index contributed by atoms with van der Waals surface area (Å²) in [6.45, 7) is 0.183. The van der Waals surface area contributed by atoms with Crippen molar-refractivity contribution in [2.45, 2.75) is 12.8 Å². The third-order valence-corrected chi connectivity index (χ3v) is 3.36. The summed E-state index contributed by atoms with van der Waals surface area (Å²) in [5.41, 5.74) is 0.491. The molecule has 2 aromatic rings. The van der Waals surface area contributed by atoms with Crippen molar-refractivity contribution in [1.29, 1.82) is 0 Å². The maximum Gasteiger partial charge on any atom is 0.309 e. The molecule has 1 N–H and O–H groups in total. The van der Waals surface area contributed by atoms with E-state index in [-0.39, 0.29) is 18.8 Å². The number of benzene rings is 1. The van der Waals surface area contributed by atoms with Gasteiger partial charge in [0.15, 0.2) is 11.6 Å². The molecule has 0 radical (unpaired) electrons. The van der Waals surface area contributed by atoms with Gasteiger partial charge in [0.25, 0.3) is 0 Å². The first-order chi connectivity index (χ1) is 9.54. The smallest absolute Gasteiger partial charge is 0.309 e. The van der Waals surface area contributed by atoms with Crippen LogP contribution in [0.2, 0.25) is 0 Å². The minimum atomic E-state index is -0.938. The third kappa shape index (κ3) is 3.99. The molecular formula is C13H11F2NO3S. The predicted octanol–water partition coefficient (Wildman–Crippen LogP) is 2.67. The molecule has 0 fully saturated rings. The number of carboxylic acid groups (broad SMARTS) is 1. The van der Waals surface area contributed by atoms with Crippen molar-refractivity contribution in [3.05, 3.63) is 45.9 Å². The summed E-state index contributed by atoms with van der Waals surface area (Å²) in [6, 6.07) is 3.10. The average molecular weight is 299 g/mol. The zero-order chi connectivity index (χ0) is 14.5. The summed E-state index contributed by atoms with van der Waals surface area (Å²) >= 11 is 1.33. The summed E-state index contributed by atoms with van der Waals surface area (Å²) in [5, 5.41) is 11.0. The molecule has 0 bridgehead atoms. The van der Waals surface area contributed by atoms with Gasteiger partial charge in [0.2, 0.25) is 0 Å². The third-order valence-electron chi connectivity index (χ3n) is 2.40. The molecule has 0 spiro atoms. The molecular weight excluding hydrogens is 288 g/mol. The number of carbonyl (C=O) groups is 1. The Morgan fingerprint density at radius 1 is 1.40 bits per heavy atom. The summed E-state index contributed by atoms with van der Waals surface area (Å²) in [5.74, 6) is -2.37. The number of rotatable bonds is 6. The second-order valence-electron chi connectivity index (χ2n) is 3.98. The second kappa shape index (κ2) is 6.42. The molecule has 1 aromatic heterocycles. The van der Waals surface area contributed by atoms with Gasteiger partial charge >= 0.3 is 5.97 Å². The highest BCUT2D eigenvalue weighted by atomic mass is 32.1. The predicted molar refractivity (Wildman–Crippen MR) is 69.0 cm³/mol. The van der Waals surface area contributed by atoms with E-state index in [4.69, 9.17) is 9.84 Å². The minimum Gasteiger partial charge on any atom is -0.490 e. The van der Waals surface area contributed by atoms with Crippen LogP contribution in [0.1, 0.15) is 10.7 Å². The number of halogens is 2. The minimum absolute atomic E-state index is 0.0197. The van der Waals surface area contributed by atoms with Crippen LogP contribution in [0, 0.1) is 11.6 Å². The molecule has 0 aliphatic rings. The van der Waals surface area contributed by atoms with Gasteiger partial charge in [-0.25, -0.2) is 13.8 Å². The van der Waals surface area contributed by atoms with Crippen LogP contribution in [0.5, 0.6) is 5.75 Å². The van der Waals surface area contributed by atoms with E-state index in [1.54, 1.807) is 5.38 Å². The Bertz CT molecular complexity index is 615.